The summed E-state index contributed by atoms with van der Waals surface area (Å²) in [5.41, 5.74) is 0. The topological polar surface area (TPSA) is 91.3 Å². The van der Waals surface area contributed by atoms with Gasteiger partial charge in [-0.25, -0.2) is 8.42 Å². The molecule has 196 valence electrons. The number of aromatic nitrogens is 2. The predicted molar refractivity (Wildman–Crippen MR) is 139 cm³/mol. The highest BCUT2D eigenvalue weighted by molar-refractivity contribution is 7.89. The minimum Gasteiger partial charge on any atom is -0.492 e. The molecule has 0 bridgehead atoms. The number of piperazine rings is 2. The van der Waals surface area contributed by atoms with Crippen LogP contribution >= 0.6 is 0 Å². The maximum Gasteiger partial charge on any atom is 0.217 e. The number of anilines is 2. The van der Waals surface area contributed by atoms with Gasteiger partial charge >= 0.3 is 0 Å². The Morgan fingerprint density at radius 2 is 1.50 bits per heavy atom. The van der Waals surface area contributed by atoms with Gasteiger partial charge in [-0.2, -0.15) is 4.31 Å². The molecule has 36 heavy (non-hydrogen) atoms. The van der Waals surface area contributed by atoms with Crippen LogP contribution in [0.4, 0.5) is 11.6 Å². The van der Waals surface area contributed by atoms with Gasteiger partial charge in [-0.05, 0) is 37.1 Å². The molecule has 5 rings (SSSR count). The zero-order chi connectivity index (χ0) is 24.8. The van der Waals surface area contributed by atoms with Crippen molar-refractivity contribution in [1.29, 1.82) is 0 Å². The summed E-state index contributed by atoms with van der Waals surface area (Å²) in [6, 6.07) is 13.3. The van der Waals surface area contributed by atoms with Crippen molar-refractivity contribution in [3.63, 3.8) is 0 Å². The molecule has 3 fully saturated rings. The summed E-state index contributed by atoms with van der Waals surface area (Å²) in [4.78, 5) is 6.86. The van der Waals surface area contributed by atoms with Gasteiger partial charge in [0.25, 0.3) is 0 Å². The number of sulfonamides is 1. The SMILES string of the molecule is O=S(=O)(CCOc1ccccc1)N1CCN(c2ccc(N3CCN(CC4CCCO4)CC3)nn2)CC1. The van der Waals surface area contributed by atoms with Crippen molar-refractivity contribution in [3.8, 4) is 5.75 Å². The zero-order valence-electron chi connectivity index (χ0n) is 20.7. The summed E-state index contributed by atoms with van der Waals surface area (Å²) < 4.78 is 38.4. The van der Waals surface area contributed by atoms with E-state index in [4.69, 9.17) is 9.47 Å². The van der Waals surface area contributed by atoms with Gasteiger partial charge in [0.1, 0.15) is 12.4 Å². The maximum atomic E-state index is 12.7. The van der Waals surface area contributed by atoms with Gasteiger partial charge in [-0.1, -0.05) is 18.2 Å². The Labute approximate surface area is 213 Å². The summed E-state index contributed by atoms with van der Waals surface area (Å²) >= 11 is 0. The van der Waals surface area contributed by atoms with Crippen LogP contribution in [0.25, 0.3) is 0 Å². The highest BCUT2D eigenvalue weighted by Crippen LogP contribution is 2.20. The van der Waals surface area contributed by atoms with E-state index in [-0.39, 0.29) is 12.4 Å². The highest BCUT2D eigenvalue weighted by Gasteiger charge is 2.28. The van der Waals surface area contributed by atoms with Crippen LogP contribution in [0.5, 0.6) is 5.75 Å². The number of hydrogen-bond acceptors (Lipinski definition) is 9. The standard InChI is InChI=1S/C25H36N6O4S/c32-36(33,20-19-35-22-5-2-1-3-6-22)31-16-14-30(15-17-31)25-9-8-24(26-27-25)29-12-10-28(11-13-29)21-23-7-4-18-34-23/h1-3,5-6,8-9,23H,4,7,10-21H2. The van der Waals surface area contributed by atoms with Crippen molar-refractivity contribution in [2.24, 2.45) is 0 Å². The predicted octanol–water partition coefficient (Wildman–Crippen LogP) is 1.31. The first-order valence-corrected chi connectivity index (χ1v) is 14.5. The van der Waals surface area contributed by atoms with Crippen molar-refractivity contribution in [2.45, 2.75) is 18.9 Å². The second-order valence-corrected chi connectivity index (χ2v) is 11.6. The number of para-hydroxylation sites is 1. The molecule has 10 nitrogen and oxygen atoms in total. The van der Waals surface area contributed by atoms with E-state index in [0.29, 0.717) is 38.0 Å². The van der Waals surface area contributed by atoms with E-state index in [9.17, 15) is 8.42 Å². The molecule has 1 aromatic carbocycles. The van der Waals surface area contributed by atoms with Crippen LogP contribution in [-0.4, -0.2) is 112 Å². The first-order chi connectivity index (χ1) is 17.6. The molecular weight excluding hydrogens is 480 g/mol. The van der Waals surface area contributed by atoms with Gasteiger partial charge in [0.2, 0.25) is 10.0 Å². The fourth-order valence-electron chi connectivity index (χ4n) is 5.00. The smallest absolute Gasteiger partial charge is 0.217 e. The fraction of sp³-hybridized carbons (Fsp3) is 0.600. The first-order valence-electron chi connectivity index (χ1n) is 12.9. The molecule has 0 radical (unpaired) electrons. The van der Waals surface area contributed by atoms with Gasteiger partial charge < -0.3 is 19.3 Å². The lowest BCUT2D eigenvalue weighted by molar-refractivity contribution is 0.0712. The Kier molecular flexibility index (Phi) is 8.20. The van der Waals surface area contributed by atoms with E-state index < -0.39 is 10.0 Å². The second-order valence-electron chi connectivity index (χ2n) is 9.54. The normalized spacial score (nSPS) is 22.2. The van der Waals surface area contributed by atoms with E-state index >= 15 is 0 Å². The second kappa shape index (κ2) is 11.7. The van der Waals surface area contributed by atoms with E-state index in [2.05, 4.69) is 24.9 Å². The first kappa shape index (κ1) is 25.2. The van der Waals surface area contributed by atoms with Gasteiger partial charge in [-0.15, -0.1) is 10.2 Å². The summed E-state index contributed by atoms with van der Waals surface area (Å²) in [5.74, 6) is 2.34. The van der Waals surface area contributed by atoms with Crippen LogP contribution in [0.15, 0.2) is 42.5 Å². The molecule has 1 unspecified atom stereocenters. The summed E-state index contributed by atoms with van der Waals surface area (Å²) in [5, 5.41) is 8.95. The molecule has 0 saturated carbocycles. The lowest BCUT2D eigenvalue weighted by Gasteiger charge is -2.36. The largest absolute Gasteiger partial charge is 0.492 e. The molecule has 0 amide bonds. The van der Waals surface area contributed by atoms with E-state index in [1.807, 2.05) is 42.5 Å². The highest BCUT2D eigenvalue weighted by atomic mass is 32.2. The molecule has 0 spiro atoms. The van der Waals surface area contributed by atoms with Crippen LogP contribution in [0.3, 0.4) is 0 Å². The molecule has 2 aromatic rings. The molecule has 3 aliphatic rings. The van der Waals surface area contributed by atoms with Crippen LogP contribution in [-0.2, 0) is 14.8 Å². The van der Waals surface area contributed by atoms with E-state index in [1.54, 1.807) is 4.31 Å². The Balaban J connectivity index is 1.06. The number of ether oxygens (including phenoxy) is 2. The minimum absolute atomic E-state index is 0.0304. The number of benzene rings is 1. The number of nitrogens with zero attached hydrogens (tertiary/aromatic N) is 6. The van der Waals surface area contributed by atoms with Crippen molar-refractivity contribution in [1.82, 2.24) is 19.4 Å². The van der Waals surface area contributed by atoms with Crippen LogP contribution in [0.1, 0.15) is 12.8 Å². The maximum absolute atomic E-state index is 12.7. The number of rotatable bonds is 9. The minimum atomic E-state index is -3.37. The molecule has 4 heterocycles. The van der Waals surface area contributed by atoms with Gasteiger partial charge in [0.15, 0.2) is 11.6 Å². The molecule has 3 aliphatic heterocycles. The molecule has 3 saturated heterocycles. The molecular formula is C25H36N6O4S. The Bertz CT molecular complexity index is 1050. The van der Waals surface area contributed by atoms with Gasteiger partial charge in [-0.3, -0.25) is 4.90 Å². The third-order valence-corrected chi connectivity index (χ3v) is 8.96. The molecule has 0 aliphatic carbocycles. The average molecular weight is 517 g/mol. The Morgan fingerprint density at radius 3 is 2.08 bits per heavy atom. The van der Waals surface area contributed by atoms with Gasteiger partial charge in [0, 0.05) is 65.5 Å². The summed E-state index contributed by atoms with van der Waals surface area (Å²) in [7, 11) is -3.37. The number of hydrogen-bond donors (Lipinski definition) is 0. The monoisotopic (exact) mass is 516 g/mol. The molecule has 1 atom stereocenters. The van der Waals surface area contributed by atoms with Crippen LogP contribution in [0.2, 0.25) is 0 Å². The zero-order valence-corrected chi connectivity index (χ0v) is 21.6. The van der Waals surface area contributed by atoms with Crippen LogP contribution in [0, 0.1) is 0 Å². The van der Waals surface area contributed by atoms with Crippen molar-refractivity contribution >= 4 is 21.7 Å². The van der Waals surface area contributed by atoms with Crippen molar-refractivity contribution < 1.29 is 17.9 Å². The molecule has 11 heteroatoms. The Morgan fingerprint density at radius 1 is 0.861 bits per heavy atom. The third kappa shape index (κ3) is 6.44. The average Bonchev–Trinajstić information content (AvgIpc) is 3.43. The quantitative estimate of drug-likeness (QED) is 0.489. The summed E-state index contributed by atoms with van der Waals surface area (Å²) in [6.07, 6.45) is 2.76. The molecule has 1 aromatic heterocycles. The lowest BCUT2D eigenvalue weighted by atomic mass is 10.2. The van der Waals surface area contributed by atoms with Crippen molar-refractivity contribution in [2.75, 3.05) is 87.7 Å². The van der Waals surface area contributed by atoms with Gasteiger partial charge in [0.05, 0.1) is 11.9 Å². The fourth-order valence-corrected chi connectivity index (χ4v) is 6.27. The lowest BCUT2D eigenvalue weighted by Crippen LogP contribution is -2.50. The van der Waals surface area contributed by atoms with Crippen molar-refractivity contribution in [3.05, 3.63) is 42.5 Å². The molecule has 0 N–H and O–H groups in total. The van der Waals surface area contributed by atoms with E-state index in [0.717, 1.165) is 51.0 Å². The van der Waals surface area contributed by atoms with Crippen LogP contribution < -0.4 is 14.5 Å². The summed E-state index contributed by atoms with van der Waals surface area (Å²) in [6.45, 7) is 8.02. The third-order valence-electron chi connectivity index (χ3n) is 7.13. The Hall–Kier alpha value is -2.47. The van der Waals surface area contributed by atoms with E-state index in [1.165, 1.54) is 12.8 Å².